The summed E-state index contributed by atoms with van der Waals surface area (Å²) in [6, 6.07) is 5.64. The van der Waals surface area contributed by atoms with Gasteiger partial charge in [-0.1, -0.05) is 0 Å². The number of aromatic nitrogens is 1. The molecule has 2 N–H and O–H groups in total. The fourth-order valence-electron chi connectivity index (χ4n) is 3.89. The molecule has 8 nitrogen and oxygen atoms in total. The van der Waals surface area contributed by atoms with Crippen molar-refractivity contribution in [2.75, 3.05) is 46.6 Å². The second-order valence-corrected chi connectivity index (χ2v) is 8.19. The van der Waals surface area contributed by atoms with Crippen LogP contribution in [0, 0.1) is 0 Å². The Bertz CT molecular complexity index is 974. The third-order valence-electron chi connectivity index (χ3n) is 5.48. The first-order valence-electron chi connectivity index (χ1n) is 10.7. The van der Waals surface area contributed by atoms with Gasteiger partial charge < -0.3 is 34.1 Å². The minimum atomic E-state index is -0.135. The summed E-state index contributed by atoms with van der Waals surface area (Å²) < 4.78 is 22.2. The molecule has 0 amide bonds. The minimum Gasteiger partial charge on any atom is -0.486 e. The zero-order chi connectivity index (χ0) is 21.6. The largest absolute Gasteiger partial charge is 0.486 e. The van der Waals surface area contributed by atoms with Crippen LogP contribution in [-0.4, -0.2) is 67.7 Å². The van der Waals surface area contributed by atoms with Crippen LogP contribution < -0.4 is 20.3 Å². The van der Waals surface area contributed by atoms with E-state index >= 15 is 0 Å². The van der Waals surface area contributed by atoms with E-state index in [2.05, 4.69) is 10.3 Å². The molecule has 2 aliphatic heterocycles. The average Bonchev–Trinajstić information content (AvgIpc) is 3.28. The first-order valence-corrected chi connectivity index (χ1v) is 11.1. The molecule has 0 bridgehead atoms. The van der Waals surface area contributed by atoms with E-state index in [1.165, 1.54) is 0 Å². The zero-order valence-electron chi connectivity index (χ0n) is 17.8. The first kappa shape index (κ1) is 21.9. The molecule has 0 unspecified atom stereocenters. The number of methoxy groups -OCH3 is 1. The van der Waals surface area contributed by atoms with Crippen molar-refractivity contribution >= 4 is 28.2 Å². The molecule has 0 radical (unpaired) electrons. The fraction of sp³-hybridized carbons (Fsp3) is 0.545. The number of fused-ring (bicyclic) bond motifs is 2. The topological polar surface area (TPSA) is 85.1 Å². The molecule has 2 aromatic rings. The lowest BCUT2D eigenvalue weighted by molar-refractivity contribution is 0.0896. The quantitative estimate of drug-likeness (QED) is 0.471. The van der Waals surface area contributed by atoms with Crippen LogP contribution in [0.1, 0.15) is 24.8 Å². The number of pyridine rings is 1. The molecule has 0 saturated carbocycles. The third-order valence-corrected chi connectivity index (χ3v) is 5.88. The molecule has 1 aromatic carbocycles. The highest BCUT2D eigenvalue weighted by molar-refractivity contribution is 7.80. The van der Waals surface area contributed by atoms with Crippen molar-refractivity contribution in [3.63, 3.8) is 0 Å². The van der Waals surface area contributed by atoms with Gasteiger partial charge in [0, 0.05) is 50.4 Å². The van der Waals surface area contributed by atoms with Gasteiger partial charge in [-0.2, -0.15) is 0 Å². The smallest absolute Gasteiger partial charge is 0.253 e. The van der Waals surface area contributed by atoms with Gasteiger partial charge in [-0.25, -0.2) is 0 Å². The molecule has 2 aliphatic rings. The van der Waals surface area contributed by atoms with Gasteiger partial charge >= 0.3 is 0 Å². The maximum Gasteiger partial charge on any atom is 0.253 e. The highest BCUT2D eigenvalue weighted by Gasteiger charge is 2.22. The predicted molar refractivity (Wildman–Crippen MR) is 122 cm³/mol. The van der Waals surface area contributed by atoms with E-state index in [0.29, 0.717) is 61.6 Å². The van der Waals surface area contributed by atoms with Gasteiger partial charge in [0.05, 0.1) is 18.2 Å². The third kappa shape index (κ3) is 5.47. The van der Waals surface area contributed by atoms with Crippen LogP contribution in [0.25, 0.3) is 10.9 Å². The molecular weight excluding hydrogens is 418 g/mol. The summed E-state index contributed by atoms with van der Waals surface area (Å²) in [7, 11) is 1.68. The molecule has 3 heterocycles. The van der Waals surface area contributed by atoms with Crippen molar-refractivity contribution in [3.8, 4) is 11.5 Å². The van der Waals surface area contributed by atoms with Gasteiger partial charge in [-0.05, 0) is 43.6 Å². The lowest BCUT2D eigenvalue weighted by Crippen LogP contribution is -2.44. The van der Waals surface area contributed by atoms with E-state index < -0.39 is 0 Å². The summed E-state index contributed by atoms with van der Waals surface area (Å²) in [4.78, 5) is 17.8. The van der Waals surface area contributed by atoms with E-state index in [1.54, 1.807) is 7.11 Å². The number of benzene rings is 1. The predicted octanol–water partition coefficient (Wildman–Crippen LogP) is 2.19. The number of H-pyrrole nitrogens is 1. The lowest BCUT2D eigenvalue weighted by Gasteiger charge is -2.28. The Morgan fingerprint density at radius 3 is 2.81 bits per heavy atom. The summed E-state index contributed by atoms with van der Waals surface area (Å²) in [6.45, 7) is 4.23. The molecule has 9 heteroatoms. The Kier molecular flexibility index (Phi) is 7.26. The molecule has 168 valence electrons. The monoisotopic (exact) mass is 447 g/mol. The molecule has 1 saturated heterocycles. The highest BCUT2D eigenvalue weighted by atomic mass is 32.1. The fourth-order valence-corrected chi connectivity index (χ4v) is 4.13. The van der Waals surface area contributed by atoms with E-state index in [1.807, 2.05) is 23.1 Å². The number of rotatable bonds is 8. The maximum atomic E-state index is 12.8. The summed E-state index contributed by atoms with van der Waals surface area (Å²) in [5.74, 6) is 1.35. The Hall–Kier alpha value is -2.36. The summed E-state index contributed by atoms with van der Waals surface area (Å²) in [5, 5.41) is 4.80. The van der Waals surface area contributed by atoms with Crippen molar-refractivity contribution in [2.24, 2.45) is 0 Å². The van der Waals surface area contributed by atoms with Gasteiger partial charge in [0.15, 0.2) is 16.6 Å². The highest BCUT2D eigenvalue weighted by Crippen LogP contribution is 2.33. The van der Waals surface area contributed by atoms with E-state index in [-0.39, 0.29) is 11.7 Å². The number of thiocarbonyl (C=S) groups is 1. The SMILES string of the molecule is COCCCNC(=S)N(Cc1cc2cc3c(cc2[nH]c1=O)OCCO3)C[C@H]1CCCO1. The number of hydrogen-bond acceptors (Lipinski definition) is 6. The Morgan fingerprint density at radius 2 is 2.06 bits per heavy atom. The van der Waals surface area contributed by atoms with Crippen molar-refractivity contribution in [3.05, 3.63) is 34.1 Å². The normalized spacial score (nSPS) is 17.6. The summed E-state index contributed by atoms with van der Waals surface area (Å²) in [6.07, 6.45) is 3.03. The van der Waals surface area contributed by atoms with Crippen molar-refractivity contribution in [1.82, 2.24) is 15.2 Å². The molecule has 4 rings (SSSR count). The van der Waals surface area contributed by atoms with Crippen LogP contribution in [0.2, 0.25) is 0 Å². The van der Waals surface area contributed by atoms with Crippen LogP contribution in [0.5, 0.6) is 11.5 Å². The van der Waals surface area contributed by atoms with E-state index in [4.69, 9.17) is 31.2 Å². The maximum absolute atomic E-state index is 12.8. The molecular formula is C22H29N3O5S. The number of nitrogens with one attached hydrogen (secondary N) is 2. The van der Waals surface area contributed by atoms with Gasteiger partial charge in [0.2, 0.25) is 0 Å². The second-order valence-electron chi connectivity index (χ2n) is 7.80. The minimum absolute atomic E-state index is 0.121. The number of nitrogens with zero attached hydrogens (tertiary/aromatic N) is 1. The van der Waals surface area contributed by atoms with Crippen molar-refractivity contribution in [2.45, 2.75) is 31.9 Å². The first-order chi connectivity index (χ1) is 15.1. The number of ether oxygens (including phenoxy) is 4. The molecule has 1 fully saturated rings. The van der Waals surface area contributed by atoms with Gasteiger partial charge in [-0.3, -0.25) is 4.79 Å². The summed E-state index contributed by atoms with van der Waals surface area (Å²) in [5.41, 5.74) is 1.23. The lowest BCUT2D eigenvalue weighted by atomic mass is 10.1. The van der Waals surface area contributed by atoms with Crippen LogP contribution in [0.3, 0.4) is 0 Å². The molecule has 31 heavy (non-hydrogen) atoms. The Balaban J connectivity index is 1.54. The van der Waals surface area contributed by atoms with Crippen LogP contribution >= 0.6 is 12.2 Å². The Morgan fingerprint density at radius 1 is 1.26 bits per heavy atom. The van der Waals surface area contributed by atoms with E-state index in [9.17, 15) is 4.79 Å². The van der Waals surface area contributed by atoms with Gasteiger partial charge in [0.1, 0.15) is 13.2 Å². The van der Waals surface area contributed by atoms with Crippen LogP contribution in [0.15, 0.2) is 23.0 Å². The molecule has 0 aliphatic carbocycles. The average molecular weight is 448 g/mol. The standard InChI is InChI=1S/C22H29N3O5S/c1-27-6-3-5-23-22(31)25(14-17-4-2-7-28-17)13-16-10-15-11-19-20(30-9-8-29-19)12-18(15)24-21(16)26/h10-12,17H,2-9,13-14H2,1H3,(H,23,31)(H,24,26)/t17-/m1/s1. The Labute approximate surface area is 186 Å². The second kappa shape index (κ2) is 10.3. The van der Waals surface area contributed by atoms with E-state index in [0.717, 1.165) is 36.8 Å². The number of hydrogen-bond donors (Lipinski definition) is 2. The summed E-state index contributed by atoms with van der Waals surface area (Å²) >= 11 is 5.65. The zero-order valence-corrected chi connectivity index (χ0v) is 18.6. The van der Waals surface area contributed by atoms with Gasteiger partial charge in [0.25, 0.3) is 5.56 Å². The van der Waals surface area contributed by atoms with Crippen LogP contribution in [-0.2, 0) is 16.0 Å². The van der Waals surface area contributed by atoms with Crippen LogP contribution in [0.4, 0.5) is 0 Å². The number of aromatic amines is 1. The van der Waals surface area contributed by atoms with Gasteiger partial charge in [-0.15, -0.1) is 0 Å². The molecule has 1 aromatic heterocycles. The van der Waals surface area contributed by atoms with Crippen molar-refractivity contribution < 1.29 is 18.9 Å². The van der Waals surface area contributed by atoms with Crippen molar-refractivity contribution in [1.29, 1.82) is 0 Å². The molecule has 1 atom stereocenters. The molecule has 0 spiro atoms.